The number of carbonyl (C=O) groups excluding carboxylic acids is 1. The number of hydrogen-bond donors (Lipinski definition) is 1. The topological polar surface area (TPSA) is 58.0 Å². The molecule has 1 amide bonds. The molecule has 1 atom stereocenters. The number of nitrogens with zero attached hydrogens (tertiary/aromatic N) is 2. The lowest BCUT2D eigenvalue weighted by Crippen LogP contribution is -2.49. The molecule has 6 nitrogen and oxygen atoms in total. The molecule has 1 aliphatic rings. The van der Waals surface area contributed by atoms with Gasteiger partial charge in [-0.2, -0.15) is 0 Å². The van der Waals surface area contributed by atoms with Crippen molar-refractivity contribution in [2.24, 2.45) is 0 Å². The summed E-state index contributed by atoms with van der Waals surface area (Å²) < 4.78 is 11.2. The molecule has 1 N–H and O–H groups in total. The summed E-state index contributed by atoms with van der Waals surface area (Å²) >= 11 is 0. The predicted molar refractivity (Wildman–Crippen MR) is 122 cm³/mol. The molecule has 0 saturated carbocycles. The number of ether oxygens (including phenoxy) is 1. The van der Waals surface area contributed by atoms with E-state index in [4.69, 9.17) is 9.15 Å². The zero-order valence-electron chi connectivity index (χ0n) is 17.9. The van der Waals surface area contributed by atoms with E-state index in [-0.39, 0.29) is 11.9 Å². The van der Waals surface area contributed by atoms with Crippen LogP contribution in [0.25, 0.3) is 0 Å². The van der Waals surface area contributed by atoms with Crippen LogP contribution in [0, 0.1) is 0 Å². The first kappa shape index (κ1) is 21.0. The third-order valence-corrected chi connectivity index (χ3v) is 5.63. The number of rotatable bonds is 8. The molecular weight excluding hydrogens is 390 g/mol. The van der Waals surface area contributed by atoms with Crippen molar-refractivity contribution in [1.82, 2.24) is 10.2 Å². The van der Waals surface area contributed by atoms with Gasteiger partial charge < -0.3 is 19.4 Å². The van der Waals surface area contributed by atoms with Crippen LogP contribution >= 0.6 is 0 Å². The van der Waals surface area contributed by atoms with Gasteiger partial charge in [0, 0.05) is 44.0 Å². The highest BCUT2D eigenvalue weighted by molar-refractivity contribution is 5.94. The molecule has 0 spiro atoms. The van der Waals surface area contributed by atoms with Crippen molar-refractivity contribution in [2.75, 3.05) is 44.2 Å². The van der Waals surface area contributed by atoms with E-state index in [2.05, 4.69) is 39.4 Å². The van der Waals surface area contributed by atoms with E-state index < -0.39 is 0 Å². The maximum absolute atomic E-state index is 12.7. The summed E-state index contributed by atoms with van der Waals surface area (Å²) in [5.41, 5.74) is 1.87. The SMILES string of the molecule is CCOc1ccc(C(=O)NC[C@@H](c2ccco2)N2CCN(c3ccccc3)CC2)cc1. The van der Waals surface area contributed by atoms with Crippen molar-refractivity contribution in [3.8, 4) is 5.75 Å². The van der Waals surface area contributed by atoms with Crippen molar-refractivity contribution in [3.63, 3.8) is 0 Å². The normalized spacial score (nSPS) is 15.5. The highest BCUT2D eigenvalue weighted by Crippen LogP contribution is 2.24. The number of carbonyl (C=O) groups is 1. The van der Waals surface area contributed by atoms with Gasteiger partial charge in [0.05, 0.1) is 18.9 Å². The van der Waals surface area contributed by atoms with Crippen LogP contribution in [0.5, 0.6) is 5.75 Å². The lowest BCUT2D eigenvalue weighted by molar-refractivity contribution is 0.0923. The Balaban J connectivity index is 1.38. The first-order valence-electron chi connectivity index (χ1n) is 10.8. The highest BCUT2D eigenvalue weighted by atomic mass is 16.5. The van der Waals surface area contributed by atoms with Crippen LogP contribution in [0.4, 0.5) is 5.69 Å². The molecule has 0 radical (unpaired) electrons. The summed E-state index contributed by atoms with van der Waals surface area (Å²) in [5.74, 6) is 1.55. The molecule has 2 aromatic carbocycles. The molecular formula is C25H29N3O3. The molecule has 1 aromatic heterocycles. The zero-order chi connectivity index (χ0) is 21.5. The van der Waals surface area contributed by atoms with E-state index >= 15 is 0 Å². The first-order chi connectivity index (χ1) is 15.2. The number of amides is 1. The Bertz CT molecular complexity index is 934. The summed E-state index contributed by atoms with van der Waals surface area (Å²) in [5, 5.41) is 3.08. The fourth-order valence-corrected chi connectivity index (χ4v) is 3.98. The minimum absolute atomic E-state index is 0.000397. The van der Waals surface area contributed by atoms with Crippen LogP contribution in [0.3, 0.4) is 0 Å². The van der Waals surface area contributed by atoms with E-state index in [1.807, 2.05) is 37.3 Å². The summed E-state index contributed by atoms with van der Waals surface area (Å²) in [6.07, 6.45) is 1.69. The van der Waals surface area contributed by atoms with Gasteiger partial charge >= 0.3 is 0 Å². The van der Waals surface area contributed by atoms with E-state index in [1.54, 1.807) is 18.4 Å². The molecule has 6 heteroatoms. The maximum Gasteiger partial charge on any atom is 0.251 e. The number of para-hydroxylation sites is 1. The second-order valence-corrected chi connectivity index (χ2v) is 7.56. The molecule has 3 aromatic rings. The maximum atomic E-state index is 12.7. The van der Waals surface area contributed by atoms with Gasteiger partial charge in [0.1, 0.15) is 11.5 Å². The van der Waals surface area contributed by atoms with Crippen LogP contribution in [0.2, 0.25) is 0 Å². The Labute approximate surface area is 183 Å². The summed E-state index contributed by atoms with van der Waals surface area (Å²) in [4.78, 5) is 17.5. The van der Waals surface area contributed by atoms with Gasteiger partial charge in [0.2, 0.25) is 0 Å². The van der Waals surface area contributed by atoms with Crippen LogP contribution < -0.4 is 15.0 Å². The molecule has 0 aliphatic carbocycles. The molecule has 0 unspecified atom stereocenters. The number of nitrogens with one attached hydrogen (secondary N) is 1. The molecule has 4 rings (SSSR count). The molecule has 31 heavy (non-hydrogen) atoms. The van der Waals surface area contributed by atoms with E-state index in [0.29, 0.717) is 18.7 Å². The van der Waals surface area contributed by atoms with Gasteiger partial charge in [-0.05, 0) is 55.5 Å². The fraction of sp³-hybridized carbons (Fsp3) is 0.320. The van der Waals surface area contributed by atoms with E-state index in [0.717, 1.165) is 37.7 Å². The summed E-state index contributed by atoms with van der Waals surface area (Å²) in [6, 6.07) is 21.6. The number of piperazine rings is 1. The summed E-state index contributed by atoms with van der Waals surface area (Å²) in [6.45, 7) is 6.72. The van der Waals surface area contributed by atoms with Gasteiger partial charge in [0.25, 0.3) is 5.91 Å². The molecule has 1 saturated heterocycles. The fourth-order valence-electron chi connectivity index (χ4n) is 3.98. The quantitative estimate of drug-likeness (QED) is 0.599. The number of hydrogen-bond acceptors (Lipinski definition) is 5. The monoisotopic (exact) mass is 419 g/mol. The Hall–Kier alpha value is -3.25. The van der Waals surface area contributed by atoms with Crippen LogP contribution in [0.1, 0.15) is 29.1 Å². The van der Waals surface area contributed by atoms with E-state index in [1.165, 1.54) is 5.69 Å². The lowest BCUT2D eigenvalue weighted by atomic mass is 10.1. The molecule has 162 valence electrons. The standard InChI is InChI=1S/C25H29N3O3/c1-2-30-22-12-10-20(11-13-22)25(29)26-19-23(24-9-6-18-31-24)28-16-14-27(15-17-28)21-7-4-3-5-8-21/h3-13,18,23H,2,14-17,19H2,1H3,(H,26,29)/t23-/m0/s1. The summed E-state index contributed by atoms with van der Waals surface area (Å²) in [7, 11) is 0. The highest BCUT2D eigenvalue weighted by Gasteiger charge is 2.27. The van der Waals surface area contributed by atoms with Crippen LogP contribution in [-0.4, -0.2) is 50.1 Å². The third-order valence-electron chi connectivity index (χ3n) is 5.63. The Morgan fingerprint density at radius 3 is 2.39 bits per heavy atom. The van der Waals surface area contributed by atoms with Crippen molar-refractivity contribution < 1.29 is 13.9 Å². The first-order valence-corrected chi connectivity index (χ1v) is 10.8. The molecule has 1 fully saturated rings. The number of benzene rings is 2. The van der Waals surface area contributed by atoms with Gasteiger partial charge in [-0.25, -0.2) is 0 Å². The van der Waals surface area contributed by atoms with Crippen LogP contribution in [-0.2, 0) is 0 Å². The average Bonchev–Trinajstić information content (AvgIpc) is 3.35. The third kappa shape index (κ3) is 5.27. The van der Waals surface area contributed by atoms with Crippen molar-refractivity contribution in [1.29, 1.82) is 0 Å². The predicted octanol–water partition coefficient (Wildman–Crippen LogP) is 3.97. The lowest BCUT2D eigenvalue weighted by Gasteiger charge is -2.39. The van der Waals surface area contributed by atoms with Crippen LogP contribution in [0.15, 0.2) is 77.4 Å². The Morgan fingerprint density at radius 2 is 1.74 bits per heavy atom. The Kier molecular flexibility index (Phi) is 6.89. The van der Waals surface area contributed by atoms with Crippen molar-refractivity contribution >= 4 is 11.6 Å². The van der Waals surface area contributed by atoms with Gasteiger partial charge in [-0.3, -0.25) is 9.69 Å². The van der Waals surface area contributed by atoms with Gasteiger partial charge in [-0.1, -0.05) is 18.2 Å². The molecule has 0 bridgehead atoms. The number of anilines is 1. The minimum Gasteiger partial charge on any atom is -0.494 e. The number of furan rings is 1. The van der Waals surface area contributed by atoms with Crippen molar-refractivity contribution in [2.45, 2.75) is 13.0 Å². The smallest absolute Gasteiger partial charge is 0.251 e. The van der Waals surface area contributed by atoms with Crippen molar-refractivity contribution in [3.05, 3.63) is 84.3 Å². The second kappa shape index (κ2) is 10.2. The minimum atomic E-state index is -0.0949. The van der Waals surface area contributed by atoms with E-state index in [9.17, 15) is 4.79 Å². The average molecular weight is 420 g/mol. The zero-order valence-corrected chi connectivity index (χ0v) is 17.9. The second-order valence-electron chi connectivity index (χ2n) is 7.56. The molecule has 1 aliphatic heterocycles. The van der Waals surface area contributed by atoms with Gasteiger partial charge in [0.15, 0.2) is 0 Å². The van der Waals surface area contributed by atoms with Gasteiger partial charge in [-0.15, -0.1) is 0 Å². The largest absolute Gasteiger partial charge is 0.494 e. The Morgan fingerprint density at radius 1 is 1.00 bits per heavy atom. The molecule has 2 heterocycles.